The fourth-order valence-electron chi connectivity index (χ4n) is 0.129. The molecule has 0 bridgehead atoms. The van der Waals surface area contributed by atoms with Gasteiger partial charge in [0, 0.05) is 6.08 Å². The molecule has 0 heterocycles. The highest BCUT2D eigenvalue weighted by Crippen LogP contribution is 1.76. The molecule has 0 fully saturated rings. The topological polar surface area (TPSA) is 54.4 Å². The zero-order valence-electron chi connectivity index (χ0n) is 3.80. The van der Waals surface area contributed by atoms with E-state index in [4.69, 9.17) is 5.11 Å². The van der Waals surface area contributed by atoms with Crippen LogP contribution in [0, 0.1) is 0 Å². The number of ketones is 1. The van der Waals surface area contributed by atoms with Crippen molar-refractivity contribution >= 4 is 11.8 Å². The third kappa shape index (κ3) is 2.07. The Kier molecular flexibility index (Phi) is 2.47. The number of rotatable bonds is 2. The Morgan fingerprint density at radius 1 is 1.50 bits per heavy atom. The average molecular weight is 118 g/mol. The third-order valence-electron chi connectivity index (χ3n) is 0.425. The first kappa shape index (κ1) is 6.81. The molecule has 4 heteroatoms. The maximum absolute atomic E-state index is 10.9. The van der Waals surface area contributed by atoms with Gasteiger partial charge in [0.15, 0.2) is 0 Å². The summed E-state index contributed by atoms with van der Waals surface area (Å²) in [6.45, 7) is 0. The van der Waals surface area contributed by atoms with Crippen LogP contribution >= 0.6 is 0 Å². The molecule has 44 valence electrons. The van der Waals surface area contributed by atoms with E-state index >= 15 is 0 Å². The highest BCUT2D eigenvalue weighted by Gasteiger charge is 2.04. The van der Waals surface area contributed by atoms with Gasteiger partial charge in [0.2, 0.25) is 0 Å². The summed E-state index contributed by atoms with van der Waals surface area (Å²) in [4.78, 5) is 19.3. The van der Waals surface area contributed by atoms with Crippen LogP contribution in [-0.2, 0) is 9.59 Å². The lowest BCUT2D eigenvalue weighted by Gasteiger charge is -1.76. The van der Waals surface area contributed by atoms with Gasteiger partial charge in [0.25, 0.3) is 5.78 Å². The molecule has 0 unspecified atom stereocenters. The normalized spacial score (nSPS) is 9.62. The van der Waals surface area contributed by atoms with Gasteiger partial charge in [0.1, 0.15) is 0 Å². The first-order valence-corrected chi connectivity index (χ1v) is 1.72. The Hall–Kier alpha value is -1.19. The van der Waals surface area contributed by atoms with Gasteiger partial charge in [-0.05, 0) is 0 Å². The van der Waals surface area contributed by atoms with E-state index in [-0.39, 0.29) is 6.33 Å². The van der Waals surface area contributed by atoms with Crippen LogP contribution in [0.3, 0.4) is 0 Å². The van der Waals surface area contributed by atoms with Gasteiger partial charge in [-0.3, -0.25) is 4.79 Å². The molecule has 0 aromatic carbocycles. The second-order valence-electron chi connectivity index (χ2n) is 0.962. The molecule has 0 rings (SSSR count). The van der Waals surface area contributed by atoms with Crippen molar-refractivity contribution in [3.05, 3.63) is 12.4 Å². The Labute approximate surface area is 44.4 Å². The van der Waals surface area contributed by atoms with Gasteiger partial charge in [-0.15, -0.1) is 0 Å². The molecule has 0 aromatic rings. The van der Waals surface area contributed by atoms with E-state index < -0.39 is 11.8 Å². The minimum Gasteiger partial charge on any atom is -0.475 e. The van der Waals surface area contributed by atoms with Crippen LogP contribution in [0.25, 0.3) is 0 Å². The van der Waals surface area contributed by atoms with Crippen LogP contribution in [0.15, 0.2) is 12.4 Å². The van der Waals surface area contributed by atoms with E-state index in [2.05, 4.69) is 0 Å². The predicted octanol–water partition coefficient (Wildman–Crippen LogP) is 0.123. The second-order valence-corrected chi connectivity index (χ2v) is 0.962. The molecule has 0 atom stereocenters. The SMILES string of the molecule is O=C(O)C(=O)C=CF. The summed E-state index contributed by atoms with van der Waals surface area (Å²) in [5, 5.41) is 7.75. The summed E-state index contributed by atoms with van der Waals surface area (Å²) in [6.07, 6.45) is 0.221. The lowest BCUT2D eigenvalue weighted by Crippen LogP contribution is -2.07. The molecule has 0 radical (unpaired) electrons. The molecule has 0 amide bonds. The van der Waals surface area contributed by atoms with Crippen molar-refractivity contribution in [3.8, 4) is 0 Å². The van der Waals surface area contributed by atoms with Gasteiger partial charge in [-0.1, -0.05) is 0 Å². The smallest absolute Gasteiger partial charge is 0.376 e. The summed E-state index contributed by atoms with van der Waals surface area (Å²) in [6, 6.07) is 0. The van der Waals surface area contributed by atoms with Gasteiger partial charge in [-0.25, -0.2) is 9.18 Å². The van der Waals surface area contributed by atoms with Crippen molar-refractivity contribution in [2.75, 3.05) is 0 Å². The van der Waals surface area contributed by atoms with Crippen LogP contribution in [0.1, 0.15) is 0 Å². The summed E-state index contributed by atoms with van der Waals surface area (Å²) in [5.41, 5.74) is 0. The molecule has 0 aliphatic carbocycles. The van der Waals surface area contributed by atoms with Gasteiger partial charge >= 0.3 is 5.97 Å². The first-order chi connectivity index (χ1) is 3.68. The summed E-state index contributed by atoms with van der Waals surface area (Å²) in [7, 11) is 0. The molecule has 3 nitrogen and oxygen atoms in total. The lowest BCUT2D eigenvalue weighted by molar-refractivity contribution is -0.146. The van der Waals surface area contributed by atoms with Crippen LogP contribution < -0.4 is 0 Å². The van der Waals surface area contributed by atoms with Crippen molar-refractivity contribution in [2.24, 2.45) is 0 Å². The quantitative estimate of drug-likeness (QED) is 0.414. The van der Waals surface area contributed by atoms with E-state index in [1.807, 2.05) is 0 Å². The van der Waals surface area contributed by atoms with Crippen molar-refractivity contribution in [1.82, 2.24) is 0 Å². The highest BCUT2D eigenvalue weighted by atomic mass is 19.1. The standard InChI is InChI=1S/C4H3FO3/c5-2-1-3(6)4(7)8/h1-2H,(H,7,8). The number of carboxylic acids is 1. The van der Waals surface area contributed by atoms with Gasteiger partial charge < -0.3 is 5.11 Å². The Morgan fingerprint density at radius 2 is 2.00 bits per heavy atom. The average Bonchev–Trinajstić information content (AvgIpc) is 1.67. The fraction of sp³-hybridized carbons (Fsp3) is 0. The van der Waals surface area contributed by atoms with Crippen molar-refractivity contribution in [1.29, 1.82) is 0 Å². The minimum absolute atomic E-state index is 0.115. The zero-order valence-corrected chi connectivity index (χ0v) is 3.80. The van der Waals surface area contributed by atoms with Crippen molar-refractivity contribution < 1.29 is 19.1 Å². The van der Waals surface area contributed by atoms with Crippen molar-refractivity contribution in [3.63, 3.8) is 0 Å². The third-order valence-corrected chi connectivity index (χ3v) is 0.425. The van der Waals surface area contributed by atoms with Crippen LogP contribution in [-0.4, -0.2) is 16.9 Å². The Morgan fingerprint density at radius 3 is 2.12 bits per heavy atom. The highest BCUT2D eigenvalue weighted by molar-refractivity contribution is 6.37. The first-order valence-electron chi connectivity index (χ1n) is 1.72. The van der Waals surface area contributed by atoms with E-state index in [0.717, 1.165) is 0 Å². The summed E-state index contributed by atoms with van der Waals surface area (Å²) >= 11 is 0. The Bertz CT molecular complexity index is 138. The van der Waals surface area contributed by atoms with E-state index in [9.17, 15) is 14.0 Å². The van der Waals surface area contributed by atoms with E-state index in [0.29, 0.717) is 6.08 Å². The predicted molar refractivity (Wildman–Crippen MR) is 22.9 cm³/mol. The summed E-state index contributed by atoms with van der Waals surface area (Å²) < 4.78 is 10.9. The number of aliphatic carboxylic acids is 1. The molecule has 1 N–H and O–H groups in total. The molecule has 8 heavy (non-hydrogen) atoms. The maximum Gasteiger partial charge on any atom is 0.376 e. The van der Waals surface area contributed by atoms with Crippen LogP contribution in [0.4, 0.5) is 4.39 Å². The fourth-order valence-corrected chi connectivity index (χ4v) is 0.129. The molecular weight excluding hydrogens is 115 g/mol. The number of carboxylic acid groups (broad SMARTS) is 1. The van der Waals surface area contributed by atoms with Crippen LogP contribution in [0.5, 0.6) is 0 Å². The number of hydrogen-bond donors (Lipinski definition) is 1. The monoisotopic (exact) mass is 118 g/mol. The zero-order chi connectivity index (χ0) is 6.57. The van der Waals surface area contributed by atoms with E-state index in [1.165, 1.54) is 0 Å². The van der Waals surface area contributed by atoms with Crippen molar-refractivity contribution in [2.45, 2.75) is 0 Å². The number of halogens is 1. The number of carbonyl (C=O) groups excluding carboxylic acids is 1. The molecule has 0 spiro atoms. The summed E-state index contributed by atoms with van der Waals surface area (Å²) in [5.74, 6) is -2.91. The molecular formula is C4H3FO3. The minimum atomic E-state index is -1.65. The lowest BCUT2D eigenvalue weighted by atomic mass is 10.4. The van der Waals surface area contributed by atoms with Gasteiger partial charge in [-0.2, -0.15) is 0 Å². The molecule has 0 aromatic heterocycles. The molecule has 0 aliphatic heterocycles. The second kappa shape index (κ2) is 2.90. The molecule has 0 saturated heterocycles. The van der Waals surface area contributed by atoms with E-state index in [1.54, 1.807) is 0 Å². The molecule has 0 saturated carbocycles. The van der Waals surface area contributed by atoms with Crippen LogP contribution in [0.2, 0.25) is 0 Å². The largest absolute Gasteiger partial charge is 0.475 e. The Balaban J connectivity index is 3.85. The number of carbonyl (C=O) groups is 2. The number of hydrogen-bond acceptors (Lipinski definition) is 2. The molecule has 0 aliphatic rings. The van der Waals surface area contributed by atoms with Gasteiger partial charge in [0.05, 0.1) is 6.33 Å². The maximum atomic E-state index is 10.9.